The predicted octanol–water partition coefficient (Wildman–Crippen LogP) is 4.59. The van der Waals surface area contributed by atoms with Crippen LogP contribution in [0.15, 0.2) is 60.7 Å². The molecule has 1 saturated heterocycles. The smallest absolute Gasteiger partial charge is 0.220 e. The highest BCUT2D eigenvalue weighted by Crippen LogP contribution is 2.29. The Bertz CT molecular complexity index is 702. The lowest BCUT2D eigenvalue weighted by Crippen LogP contribution is -2.38. The molecule has 0 aromatic heterocycles. The summed E-state index contributed by atoms with van der Waals surface area (Å²) in [7, 11) is 0. The van der Waals surface area contributed by atoms with Crippen LogP contribution < -0.4 is 5.32 Å². The average Bonchev–Trinajstić information content (AvgIpc) is 3.56. The van der Waals surface area contributed by atoms with Gasteiger partial charge < -0.3 is 10.2 Å². The molecule has 0 spiro atoms. The number of benzene rings is 2. The molecule has 148 valence electrons. The highest BCUT2D eigenvalue weighted by Gasteiger charge is 2.26. The van der Waals surface area contributed by atoms with Gasteiger partial charge in [-0.3, -0.25) is 4.79 Å². The van der Waals surface area contributed by atoms with Gasteiger partial charge in [0.25, 0.3) is 0 Å². The number of nitrogens with one attached hydrogen (secondary N) is 1. The van der Waals surface area contributed by atoms with Crippen molar-refractivity contribution in [1.29, 1.82) is 0 Å². The topological polar surface area (TPSA) is 32.3 Å². The molecule has 1 atom stereocenters. The molecule has 1 N–H and O–H groups in total. The van der Waals surface area contributed by atoms with Crippen LogP contribution in [-0.4, -0.2) is 36.5 Å². The van der Waals surface area contributed by atoms with Crippen molar-refractivity contribution in [3.63, 3.8) is 0 Å². The van der Waals surface area contributed by atoms with Gasteiger partial charge in [0.05, 0.1) is 0 Å². The van der Waals surface area contributed by atoms with E-state index in [1.165, 1.54) is 43.4 Å². The van der Waals surface area contributed by atoms with E-state index in [4.69, 9.17) is 0 Å². The molecule has 28 heavy (non-hydrogen) atoms. The summed E-state index contributed by atoms with van der Waals surface area (Å²) in [6, 6.07) is 22.2. The molecule has 2 aromatic carbocycles. The Balaban J connectivity index is 1.36. The molecule has 0 unspecified atom stereocenters. The number of carbonyl (C=O) groups excluding carboxylic acids is 1. The zero-order valence-electron chi connectivity index (χ0n) is 16.7. The van der Waals surface area contributed by atoms with Gasteiger partial charge in [-0.2, -0.15) is 0 Å². The van der Waals surface area contributed by atoms with E-state index < -0.39 is 0 Å². The fourth-order valence-electron chi connectivity index (χ4n) is 4.45. The third kappa shape index (κ3) is 5.45. The maximum Gasteiger partial charge on any atom is 0.220 e. The van der Waals surface area contributed by atoms with Crippen LogP contribution >= 0.6 is 0 Å². The van der Waals surface area contributed by atoms with Crippen molar-refractivity contribution in [3.8, 4) is 0 Å². The first kappa shape index (κ1) is 19.2. The lowest BCUT2D eigenvalue weighted by atomic mass is 9.88. The second-order valence-electron chi connectivity index (χ2n) is 8.52. The quantitative estimate of drug-likeness (QED) is 0.731. The Morgan fingerprint density at radius 3 is 2.21 bits per heavy atom. The molecule has 2 aliphatic rings. The first-order valence-electron chi connectivity index (χ1n) is 10.9. The van der Waals surface area contributed by atoms with E-state index >= 15 is 0 Å². The van der Waals surface area contributed by atoms with Gasteiger partial charge in [0, 0.05) is 31.5 Å². The third-order valence-electron chi connectivity index (χ3n) is 6.17. The molecule has 3 nitrogen and oxygen atoms in total. The summed E-state index contributed by atoms with van der Waals surface area (Å²) in [5.41, 5.74) is 2.78. The van der Waals surface area contributed by atoms with Crippen LogP contribution in [-0.2, 0) is 4.79 Å². The van der Waals surface area contributed by atoms with Crippen LogP contribution in [0.3, 0.4) is 0 Å². The summed E-state index contributed by atoms with van der Waals surface area (Å²) in [6.07, 6.45) is 6.55. The van der Waals surface area contributed by atoms with Crippen molar-refractivity contribution in [2.24, 2.45) is 5.92 Å². The fraction of sp³-hybridized carbons (Fsp3) is 0.480. The highest BCUT2D eigenvalue weighted by molar-refractivity contribution is 5.76. The number of rotatable bonds is 8. The maximum absolute atomic E-state index is 12.0. The standard InChI is InChI=1S/C25H32N2O/c28-25(26-23-14-15-23)16-13-20-8-7-17-27(18-20)19-24(21-9-3-1-4-10-21)22-11-5-2-6-12-22/h1-6,9-12,20,23-24H,7-8,13-19H2,(H,26,28)/t20-/m0/s1. The minimum atomic E-state index is 0.256. The van der Waals surface area contributed by atoms with Crippen molar-refractivity contribution < 1.29 is 4.79 Å². The maximum atomic E-state index is 12.0. The number of amides is 1. The van der Waals surface area contributed by atoms with E-state index in [1.807, 2.05) is 0 Å². The molecular formula is C25H32N2O. The molecule has 3 heteroatoms. The summed E-state index contributed by atoms with van der Waals surface area (Å²) >= 11 is 0. The molecule has 1 amide bonds. The van der Waals surface area contributed by atoms with Crippen molar-refractivity contribution >= 4 is 5.91 Å². The van der Waals surface area contributed by atoms with E-state index in [2.05, 4.69) is 70.9 Å². The zero-order valence-corrected chi connectivity index (χ0v) is 16.7. The molecule has 1 heterocycles. The number of hydrogen-bond acceptors (Lipinski definition) is 2. The van der Waals surface area contributed by atoms with Gasteiger partial charge in [-0.25, -0.2) is 0 Å². The van der Waals surface area contributed by atoms with Gasteiger partial charge in [0.1, 0.15) is 0 Å². The van der Waals surface area contributed by atoms with E-state index in [-0.39, 0.29) is 5.91 Å². The summed E-state index contributed by atoms with van der Waals surface area (Å²) < 4.78 is 0. The fourth-order valence-corrected chi connectivity index (χ4v) is 4.45. The van der Waals surface area contributed by atoms with Crippen molar-refractivity contribution in [2.45, 2.75) is 50.5 Å². The number of piperidine rings is 1. The SMILES string of the molecule is O=C(CC[C@@H]1CCCN(CC(c2ccccc2)c2ccccc2)C1)NC1CC1. The summed E-state index contributed by atoms with van der Waals surface area (Å²) in [5, 5.41) is 3.13. The summed E-state index contributed by atoms with van der Waals surface area (Å²) in [4.78, 5) is 14.7. The Kier molecular flexibility index (Phi) is 6.43. The van der Waals surface area contributed by atoms with E-state index in [9.17, 15) is 4.79 Å². The molecule has 1 aliphatic heterocycles. The Morgan fingerprint density at radius 2 is 1.61 bits per heavy atom. The number of nitrogens with zero attached hydrogens (tertiary/aromatic N) is 1. The lowest BCUT2D eigenvalue weighted by molar-refractivity contribution is -0.121. The van der Waals surface area contributed by atoms with Crippen LogP contribution in [0.2, 0.25) is 0 Å². The van der Waals surface area contributed by atoms with Crippen molar-refractivity contribution in [1.82, 2.24) is 10.2 Å². The Morgan fingerprint density at radius 1 is 0.964 bits per heavy atom. The van der Waals surface area contributed by atoms with Gasteiger partial charge >= 0.3 is 0 Å². The molecule has 1 aliphatic carbocycles. The van der Waals surface area contributed by atoms with Gasteiger partial charge in [0.15, 0.2) is 0 Å². The van der Waals surface area contributed by atoms with Crippen LogP contribution in [0, 0.1) is 5.92 Å². The van der Waals surface area contributed by atoms with Crippen molar-refractivity contribution in [2.75, 3.05) is 19.6 Å². The molecule has 0 radical (unpaired) electrons. The normalized spacial score (nSPS) is 20.2. The number of carbonyl (C=O) groups is 1. The second-order valence-corrected chi connectivity index (χ2v) is 8.52. The van der Waals surface area contributed by atoms with Crippen LogP contribution in [0.25, 0.3) is 0 Å². The first-order chi connectivity index (χ1) is 13.8. The van der Waals surface area contributed by atoms with Crippen LogP contribution in [0.5, 0.6) is 0 Å². The monoisotopic (exact) mass is 376 g/mol. The predicted molar refractivity (Wildman–Crippen MR) is 114 cm³/mol. The summed E-state index contributed by atoms with van der Waals surface area (Å²) in [6.45, 7) is 3.34. The molecule has 4 rings (SSSR count). The zero-order chi connectivity index (χ0) is 19.2. The van der Waals surface area contributed by atoms with E-state index in [0.717, 1.165) is 19.5 Å². The number of hydrogen-bond donors (Lipinski definition) is 1. The Hall–Kier alpha value is -2.13. The number of likely N-dealkylation sites (tertiary alicyclic amines) is 1. The van der Waals surface area contributed by atoms with Gasteiger partial charge in [-0.1, -0.05) is 60.7 Å². The molecule has 2 aromatic rings. The van der Waals surface area contributed by atoms with Crippen LogP contribution in [0.4, 0.5) is 0 Å². The lowest BCUT2D eigenvalue weighted by Gasteiger charge is -2.35. The molecule has 2 fully saturated rings. The Labute approximate surface area is 169 Å². The average molecular weight is 377 g/mol. The molecule has 1 saturated carbocycles. The molecule has 0 bridgehead atoms. The van der Waals surface area contributed by atoms with Crippen molar-refractivity contribution in [3.05, 3.63) is 71.8 Å². The van der Waals surface area contributed by atoms with Gasteiger partial charge in [-0.05, 0) is 55.7 Å². The summed E-state index contributed by atoms with van der Waals surface area (Å²) in [5.74, 6) is 1.30. The first-order valence-corrected chi connectivity index (χ1v) is 10.9. The van der Waals surface area contributed by atoms with Crippen LogP contribution in [0.1, 0.15) is 55.6 Å². The van der Waals surface area contributed by atoms with E-state index in [1.54, 1.807) is 0 Å². The third-order valence-corrected chi connectivity index (χ3v) is 6.17. The minimum Gasteiger partial charge on any atom is -0.353 e. The molecular weight excluding hydrogens is 344 g/mol. The highest BCUT2D eigenvalue weighted by atomic mass is 16.1. The minimum absolute atomic E-state index is 0.256. The van der Waals surface area contributed by atoms with Gasteiger partial charge in [-0.15, -0.1) is 0 Å². The van der Waals surface area contributed by atoms with Gasteiger partial charge in [0.2, 0.25) is 5.91 Å². The van der Waals surface area contributed by atoms with E-state index in [0.29, 0.717) is 24.3 Å². The largest absolute Gasteiger partial charge is 0.353 e. The second kappa shape index (κ2) is 9.38.